The molecule has 0 amide bonds. The van der Waals surface area contributed by atoms with Gasteiger partial charge in [-0.05, 0) is 38.9 Å². The molecule has 1 unspecified atom stereocenters. The molecule has 1 heterocycles. The highest BCUT2D eigenvalue weighted by Gasteiger charge is 2.25. The Morgan fingerprint density at radius 2 is 1.89 bits per heavy atom. The fraction of sp³-hybridized carbons (Fsp3) is 0.625. The lowest BCUT2D eigenvalue weighted by Gasteiger charge is -2.38. The van der Waals surface area contributed by atoms with Gasteiger partial charge in [0, 0.05) is 24.8 Å². The van der Waals surface area contributed by atoms with E-state index in [0.29, 0.717) is 18.2 Å². The minimum Gasteiger partial charge on any atom is -0.372 e. The second-order valence-corrected chi connectivity index (χ2v) is 5.47. The van der Waals surface area contributed by atoms with Crippen molar-refractivity contribution in [3.05, 3.63) is 29.8 Å². The number of nitrogens with zero attached hydrogens (tertiary/aromatic N) is 1. The highest BCUT2D eigenvalue weighted by atomic mass is 16.5. The number of benzene rings is 1. The highest BCUT2D eigenvalue weighted by molar-refractivity contribution is 5.55. The van der Waals surface area contributed by atoms with Gasteiger partial charge in [0.25, 0.3) is 0 Å². The van der Waals surface area contributed by atoms with Crippen LogP contribution in [0.3, 0.4) is 0 Å². The van der Waals surface area contributed by atoms with Gasteiger partial charge in [0.15, 0.2) is 0 Å². The van der Waals surface area contributed by atoms with Crippen LogP contribution in [0.1, 0.15) is 38.8 Å². The molecule has 0 aromatic heterocycles. The average Bonchev–Trinajstić information content (AvgIpc) is 2.39. The van der Waals surface area contributed by atoms with Crippen LogP contribution in [0.2, 0.25) is 0 Å². The maximum absolute atomic E-state index is 5.83. The topological polar surface area (TPSA) is 24.5 Å². The van der Waals surface area contributed by atoms with Crippen LogP contribution in [0.15, 0.2) is 24.3 Å². The summed E-state index contributed by atoms with van der Waals surface area (Å²) < 4.78 is 5.83. The quantitative estimate of drug-likeness (QED) is 0.903. The van der Waals surface area contributed by atoms with E-state index >= 15 is 0 Å². The van der Waals surface area contributed by atoms with E-state index < -0.39 is 0 Å². The summed E-state index contributed by atoms with van der Waals surface area (Å²) in [4.78, 5) is 2.47. The predicted octanol–water partition coefficient (Wildman–Crippen LogP) is 2.97. The fourth-order valence-corrected chi connectivity index (χ4v) is 3.02. The molecule has 1 aliphatic rings. The van der Waals surface area contributed by atoms with Gasteiger partial charge in [-0.2, -0.15) is 0 Å². The van der Waals surface area contributed by atoms with Crippen LogP contribution in [-0.4, -0.2) is 32.3 Å². The number of ether oxygens (including phenoxy) is 1. The normalized spacial score (nSPS) is 25.4. The number of morpholine rings is 1. The molecule has 1 aliphatic heterocycles. The zero-order chi connectivity index (χ0) is 13.8. The molecule has 106 valence electrons. The summed E-state index contributed by atoms with van der Waals surface area (Å²) in [6.45, 7) is 8.48. The van der Waals surface area contributed by atoms with Crippen molar-refractivity contribution in [3.63, 3.8) is 0 Å². The Balaban J connectivity index is 2.28. The van der Waals surface area contributed by atoms with Gasteiger partial charge >= 0.3 is 0 Å². The summed E-state index contributed by atoms with van der Waals surface area (Å²) >= 11 is 0. The third-order valence-electron chi connectivity index (χ3n) is 3.83. The maximum Gasteiger partial charge on any atom is 0.0726 e. The molecule has 1 aromatic carbocycles. The molecule has 2 rings (SSSR count). The standard InChI is InChI=1S/C16H26N2O/c1-5-15(17-4)14-8-6-7-9-16(14)18-10-12(2)19-13(3)11-18/h6-9,12-13,15,17H,5,10-11H2,1-4H3/t12-,13+,15?. The zero-order valence-corrected chi connectivity index (χ0v) is 12.5. The molecule has 19 heavy (non-hydrogen) atoms. The van der Waals surface area contributed by atoms with Crippen molar-refractivity contribution in [3.8, 4) is 0 Å². The molecular formula is C16H26N2O. The Morgan fingerprint density at radius 3 is 2.47 bits per heavy atom. The Kier molecular flexibility index (Phi) is 4.83. The second-order valence-electron chi connectivity index (χ2n) is 5.47. The number of para-hydroxylation sites is 1. The van der Waals surface area contributed by atoms with Crippen molar-refractivity contribution in [1.29, 1.82) is 0 Å². The first-order chi connectivity index (χ1) is 9.15. The van der Waals surface area contributed by atoms with Crippen molar-refractivity contribution in [2.75, 3.05) is 25.0 Å². The molecule has 1 fully saturated rings. The Labute approximate surface area is 116 Å². The molecule has 0 radical (unpaired) electrons. The van der Waals surface area contributed by atoms with Crippen LogP contribution >= 0.6 is 0 Å². The monoisotopic (exact) mass is 262 g/mol. The molecule has 1 aromatic rings. The molecule has 1 saturated heterocycles. The summed E-state index contributed by atoms with van der Waals surface area (Å²) in [5, 5.41) is 3.41. The Bertz CT molecular complexity index is 393. The zero-order valence-electron chi connectivity index (χ0n) is 12.5. The summed E-state index contributed by atoms with van der Waals surface area (Å²) in [6.07, 6.45) is 1.70. The van der Waals surface area contributed by atoms with Gasteiger partial charge in [-0.15, -0.1) is 0 Å². The van der Waals surface area contributed by atoms with E-state index in [9.17, 15) is 0 Å². The first-order valence-electron chi connectivity index (χ1n) is 7.32. The molecule has 0 spiro atoms. The SMILES string of the molecule is CCC(NC)c1ccccc1N1C[C@@H](C)O[C@@H](C)C1. The van der Waals surface area contributed by atoms with E-state index in [1.807, 2.05) is 7.05 Å². The molecule has 0 saturated carbocycles. The molecule has 3 atom stereocenters. The van der Waals surface area contributed by atoms with Crippen LogP contribution in [0, 0.1) is 0 Å². The lowest BCUT2D eigenvalue weighted by Crippen LogP contribution is -2.46. The van der Waals surface area contributed by atoms with E-state index in [1.54, 1.807) is 0 Å². The second kappa shape index (κ2) is 6.40. The van der Waals surface area contributed by atoms with Crippen molar-refractivity contribution < 1.29 is 4.74 Å². The minimum atomic E-state index is 0.298. The van der Waals surface area contributed by atoms with Crippen LogP contribution < -0.4 is 10.2 Å². The van der Waals surface area contributed by atoms with Gasteiger partial charge in [0.2, 0.25) is 0 Å². The lowest BCUT2D eigenvalue weighted by molar-refractivity contribution is -0.00528. The van der Waals surface area contributed by atoms with E-state index in [0.717, 1.165) is 19.5 Å². The van der Waals surface area contributed by atoms with Gasteiger partial charge < -0.3 is 15.0 Å². The highest BCUT2D eigenvalue weighted by Crippen LogP contribution is 2.30. The number of rotatable bonds is 4. The molecule has 1 N–H and O–H groups in total. The van der Waals surface area contributed by atoms with Crippen LogP contribution in [-0.2, 0) is 4.74 Å². The van der Waals surface area contributed by atoms with Crippen molar-refractivity contribution in [2.45, 2.75) is 45.4 Å². The minimum absolute atomic E-state index is 0.298. The average molecular weight is 262 g/mol. The van der Waals surface area contributed by atoms with Crippen LogP contribution in [0.5, 0.6) is 0 Å². The van der Waals surface area contributed by atoms with E-state index in [-0.39, 0.29) is 0 Å². The molecule has 0 bridgehead atoms. The molecule has 3 nitrogen and oxygen atoms in total. The van der Waals surface area contributed by atoms with Gasteiger partial charge in [-0.1, -0.05) is 25.1 Å². The number of hydrogen-bond acceptors (Lipinski definition) is 3. The summed E-state index contributed by atoms with van der Waals surface area (Å²) in [7, 11) is 2.04. The number of anilines is 1. The Morgan fingerprint density at radius 1 is 1.26 bits per heavy atom. The lowest BCUT2D eigenvalue weighted by atomic mass is 10.0. The first kappa shape index (κ1) is 14.4. The smallest absolute Gasteiger partial charge is 0.0726 e. The third kappa shape index (κ3) is 3.28. The summed E-state index contributed by atoms with van der Waals surface area (Å²) in [5.74, 6) is 0. The molecular weight excluding hydrogens is 236 g/mol. The number of nitrogens with one attached hydrogen (secondary N) is 1. The van der Waals surface area contributed by atoms with Crippen LogP contribution in [0.4, 0.5) is 5.69 Å². The number of hydrogen-bond donors (Lipinski definition) is 1. The van der Waals surface area contributed by atoms with Gasteiger partial charge in [0.1, 0.15) is 0 Å². The predicted molar refractivity (Wildman–Crippen MR) is 80.8 cm³/mol. The fourth-order valence-electron chi connectivity index (χ4n) is 3.02. The third-order valence-corrected chi connectivity index (χ3v) is 3.83. The van der Waals surface area contributed by atoms with Gasteiger partial charge in [-0.25, -0.2) is 0 Å². The van der Waals surface area contributed by atoms with Gasteiger partial charge in [0.05, 0.1) is 12.2 Å². The first-order valence-corrected chi connectivity index (χ1v) is 7.32. The Hall–Kier alpha value is -1.06. The van der Waals surface area contributed by atoms with E-state index in [2.05, 4.69) is 55.3 Å². The summed E-state index contributed by atoms with van der Waals surface area (Å²) in [6, 6.07) is 9.16. The van der Waals surface area contributed by atoms with E-state index in [4.69, 9.17) is 4.74 Å². The largest absolute Gasteiger partial charge is 0.372 e. The van der Waals surface area contributed by atoms with Crippen molar-refractivity contribution in [1.82, 2.24) is 5.32 Å². The van der Waals surface area contributed by atoms with Crippen LogP contribution in [0.25, 0.3) is 0 Å². The van der Waals surface area contributed by atoms with Crippen molar-refractivity contribution in [2.24, 2.45) is 0 Å². The van der Waals surface area contributed by atoms with E-state index in [1.165, 1.54) is 11.3 Å². The molecule has 0 aliphatic carbocycles. The van der Waals surface area contributed by atoms with Crippen molar-refractivity contribution >= 4 is 5.69 Å². The summed E-state index contributed by atoms with van der Waals surface area (Å²) in [5.41, 5.74) is 2.75. The van der Waals surface area contributed by atoms with Gasteiger partial charge in [-0.3, -0.25) is 0 Å². The molecule has 3 heteroatoms. The maximum atomic E-state index is 5.83.